The predicted molar refractivity (Wildman–Crippen MR) is 98.1 cm³/mol. The maximum absolute atomic E-state index is 12.4. The first kappa shape index (κ1) is 17.1. The van der Waals surface area contributed by atoms with E-state index in [0.717, 1.165) is 22.1 Å². The number of benzene rings is 2. The summed E-state index contributed by atoms with van der Waals surface area (Å²) in [6.45, 7) is 6.14. The number of carbonyl (C=O) groups is 1. The SMILES string of the molecule is CC(C)(C)OC(=O)N1CCS[C@@H]1[C@H](O)c1ccc2ccccc2c1. The lowest BCUT2D eigenvalue weighted by Gasteiger charge is -2.30. The zero-order chi connectivity index (χ0) is 17.3. The number of amides is 1. The highest BCUT2D eigenvalue weighted by molar-refractivity contribution is 8.00. The van der Waals surface area contributed by atoms with Crippen LogP contribution >= 0.6 is 11.8 Å². The van der Waals surface area contributed by atoms with Gasteiger partial charge < -0.3 is 9.84 Å². The van der Waals surface area contributed by atoms with Gasteiger partial charge in [0, 0.05) is 12.3 Å². The zero-order valence-corrected chi connectivity index (χ0v) is 15.0. The highest BCUT2D eigenvalue weighted by Gasteiger charge is 2.37. The number of ether oxygens (including phenoxy) is 1. The summed E-state index contributed by atoms with van der Waals surface area (Å²) in [5, 5.41) is 12.7. The number of thioether (sulfide) groups is 1. The third kappa shape index (κ3) is 3.68. The monoisotopic (exact) mass is 345 g/mol. The quantitative estimate of drug-likeness (QED) is 0.887. The van der Waals surface area contributed by atoms with Crippen LogP contribution in [0.4, 0.5) is 4.79 Å². The van der Waals surface area contributed by atoms with E-state index < -0.39 is 11.7 Å². The van der Waals surface area contributed by atoms with Crippen LogP contribution in [0.1, 0.15) is 32.4 Å². The van der Waals surface area contributed by atoms with Crippen molar-refractivity contribution in [1.29, 1.82) is 0 Å². The Morgan fingerprint density at radius 1 is 1.25 bits per heavy atom. The Hall–Kier alpha value is -1.72. The summed E-state index contributed by atoms with van der Waals surface area (Å²) in [6, 6.07) is 14.0. The number of fused-ring (bicyclic) bond motifs is 1. The summed E-state index contributed by atoms with van der Waals surface area (Å²) < 4.78 is 5.47. The molecule has 0 saturated carbocycles. The van der Waals surface area contributed by atoms with Gasteiger partial charge in [-0.2, -0.15) is 0 Å². The normalized spacial score (nSPS) is 19.5. The molecule has 1 fully saturated rings. The third-order valence-electron chi connectivity index (χ3n) is 3.94. The van der Waals surface area contributed by atoms with Gasteiger partial charge in [-0.1, -0.05) is 36.4 Å². The number of hydrogen-bond acceptors (Lipinski definition) is 4. The molecule has 4 nitrogen and oxygen atoms in total. The van der Waals surface area contributed by atoms with E-state index in [-0.39, 0.29) is 11.5 Å². The van der Waals surface area contributed by atoms with E-state index in [0.29, 0.717) is 6.54 Å². The van der Waals surface area contributed by atoms with Gasteiger partial charge in [0.25, 0.3) is 0 Å². The lowest BCUT2D eigenvalue weighted by Crippen LogP contribution is -2.41. The summed E-state index contributed by atoms with van der Waals surface area (Å²) in [5.41, 5.74) is 0.282. The summed E-state index contributed by atoms with van der Waals surface area (Å²) in [6.07, 6.45) is -1.10. The van der Waals surface area contributed by atoms with Gasteiger partial charge in [-0.3, -0.25) is 4.90 Å². The van der Waals surface area contributed by atoms with Gasteiger partial charge in [-0.25, -0.2) is 4.79 Å². The molecule has 1 amide bonds. The predicted octanol–water partition coefficient (Wildman–Crippen LogP) is 4.18. The van der Waals surface area contributed by atoms with Crippen molar-refractivity contribution in [1.82, 2.24) is 4.90 Å². The standard InChI is InChI=1S/C19H23NO3S/c1-19(2,3)23-18(22)20-10-11-24-17(20)16(21)15-9-8-13-6-4-5-7-14(13)12-15/h4-9,12,16-17,21H,10-11H2,1-3H3/t16-,17-/m1/s1. The molecule has 0 aromatic heterocycles. The Labute approximate surface area is 146 Å². The van der Waals surface area contributed by atoms with Crippen LogP contribution in [0.15, 0.2) is 42.5 Å². The Balaban J connectivity index is 1.81. The maximum Gasteiger partial charge on any atom is 0.411 e. The van der Waals surface area contributed by atoms with Gasteiger partial charge in [0.15, 0.2) is 0 Å². The lowest BCUT2D eigenvalue weighted by atomic mass is 10.0. The van der Waals surface area contributed by atoms with Gasteiger partial charge in [-0.05, 0) is 43.2 Å². The summed E-state index contributed by atoms with van der Waals surface area (Å²) in [7, 11) is 0. The number of aliphatic hydroxyl groups excluding tert-OH is 1. The molecule has 2 aromatic rings. The number of rotatable bonds is 2. The van der Waals surface area contributed by atoms with Crippen LogP contribution in [0.3, 0.4) is 0 Å². The van der Waals surface area contributed by atoms with Crippen LogP contribution in [-0.4, -0.2) is 39.4 Å². The average molecular weight is 345 g/mol. The first-order chi connectivity index (χ1) is 11.3. The van der Waals surface area contributed by atoms with Crippen LogP contribution in [0.5, 0.6) is 0 Å². The molecule has 5 heteroatoms. The van der Waals surface area contributed by atoms with E-state index in [4.69, 9.17) is 4.74 Å². The molecule has 3 rings (SSSR count). The van der Waals surface area contributed by atoms with E-state index in [1.807, 2.05) is 63.2 Å². The van der Waals surface area contributed by atoms with Gasteiger partial charge in [0.05, 0.1) is 0 Å². The molecule has 128 valence electrons. The number of nitrogens with zero attached hydrogens (tertiary/aromatic N) is 1. The van der Waals surface area contributed by atoms with Gasteiger partial charge >= 0.3 is 6.09 Å². The topological polar surface area (TPSA) is 49.8 Å². The van der Waals surface area contributed by atoms with Crippen LogP contribution in [-0.2, 0) is 4.74 Å². The van der Waals surface area contributed by atoms with Gasteiger partial charge in [-0.15, -0.1) is 11.8 Å². The number of aliphatic hydroxyl groups is 1. The van der Waals surface area contributed by atoms with E-state index in [2.05, 4.69) is 0 Å². The fourth-order valence-electron chi connectivity index (χ4n) is 2.82. The first-order valence-corrected chi connectivity index (χ1v) is 9.18. The lowest BCUT2D eigenvalue weighted by molar-refractivity contribution is 0.0133. The fourth-order valence-corrected chi connectivity index (χ4v) is 4.08. The Kier molecular flexibility index (Phi) is 4.74. The molecule has 0 aliphatic carbocycles. The smallest absolute Gasteiger partial charge is 0.411 e. The summed E-state index contributed by atoms with van der Waals surface area (Å²) >= 11 is 1.59. The molecule has 0 spiro atoms. The Morgan fingerprint density at radius 3 is 2.67 bits per heavy atom. The molecular weight excluding hydrogens is 322 g/mol. The van der Waals surface area contributed by atoms with Crippen molar-refractivity contribution >= 4 is 28.6 Å². The number of hydrogen-bond donors (Lipinski definition) is 1. The molecular formula is C19H23NO3S. The average Bonchev–Trinajstić information content (AvgIpc) is 3.02. The Morgan fingerprint density at radius 2 is 1.96 bits per heavy atom. The fraction of sp³-hybridized carbons (Fsp3) is 0.421. The second-order valence-corrected chi connectivity index (χ2v) is 8.21. The van der Waals surface area contributed by atoms with Crippen LogP contribution in [0.25, 0.3) is 10.8 Å². The molecule has 1 aliphatic heterocycles. The largest absolute Gasteiger partial charge is 0.444 e. The molecule has 0 radical (unpaired) electrons. The van der Waals surface area contributed by atoms with Crippen molar-refractivity contribution in [3.8, 4) is 0 Å². The van der Waals surface area contributed by atoms with Crippen LogP contribution in [0, 0.1) is 0 Å². The molecule has 1 N–H and O–H groups in total. The summed E-state index contributed by atoms with van der Waals surface area (Å²) in [5.74, 6) is 0.800. The molecule has 2 atom stereocenters. The molecule has 2 aromatic carbocycles. The highest BCUT2D eigenvalue weighted by atomic mass is 32.2. The van der Waals surface area contributed by atoms with E-state index >= 15 is 0 Å². The third-order valence-corrected chi connectivity index (χ3v) is 5.21. The van der Waals surface area contributed by atoms with Crippen LogP contribution in [0.2, 0.25) is 0 Å². The summed E-state index contributed by atoms with van der Waals surface area (Å²) in [4.78, 5) is 14.0. The Bertz CT molecular complexity index is 741. The molecule has 24 heavy (non-hydrogen) atoms. The van der Waals surface area contributed by atoms with E-state index in [1.165, 1.54) is 0 Å². The zero-order valence-electron chi connectivity index (χ0n) is 14.2. The molecule has 0 unspecified atom stereocenters. The molecule has 0 bridgehead atoms. The van der Waals surface area contributed by atoms with Crippen molar-refractivity contribution in [2.24, 2.45) is 0 Å². The van der Waals surface area contributed by atoms with Crippen LogP contribution < -0.4 is 0 Å². The molecule has 1 saturated heterocycles. The minimum atomic E-state index is -0.741. The molecule has 1 aliphatic rings. The van der Waals surface area contributed by atoms with Crippen molar-refractivity contribution in [2.45, 2.75) is 37.9 Å². The minimum Gasteiger partial charge on any atom is -0.444 e. The maximum atomic E-state index is 12.4. The van der Waals surface area contributed by atoms with E-state index in [1.54, 1.807) is 16.7 Å². The molecule has 1 heterocycles. The van der Waals surface area contributed by atoms with Crippen molar-refractivity contribution in [2.75, 3.05) is 12.3 Å². The highest BCUT2D eigenvalue weighted by Crippen LogP contribution is 2.36. The number of carbonyl (C=O) groups excluding carboxylic acids is 1. The van der Waals surface area contributed by atoms with Crippen molar-refractivity contribution in [3.63, 3.8) is 0 Å². The van der Waals surface area contributed by atoms with Crippen molar-refractivity contribution in [3.05, 3.63) is 48.0 Å². The van der Waals surface area contributed by atoms with Crippen molar-refractivity contribution < 1.29 is 14.6 Å². The second-order valence-electron chi connectivity index (χ2n) is 6.99. The minimum absolute atomic E-state index is 0.319. The van der Waals surface area contributed by atoms with Gasteiger partial charge in [0.2, 0.25) is 0 Å². The first-order valence-electron chi connectivity index (χ1n) is 8.13. The second kappa shape index (κ2) is 6.65. The van der Waals surface area contributed by atoms with E-state index in [9.17, 15) is 9.90 Å². The van der Waals surface area contributed by atoms with Gasteiger partial charge in [0.1, 0.15) is 17.1 Å².